The summed E-state index contributed by atoms with van der Waals surface area (Å²) in [7, 11) is 1.71. The molecule has 0 bridgehead atoms. The monoisotopic (exact) mass is 300 g/mol. The van der Waals surface area contributed by atoms with Crippen molar-refractivity contribution in [3.8, 4) is 0 Å². The molecule has 0 saturated heterocycles. The lowest BCUT2D eigenvalue weighted by molar-refractivity contribution is 0.0808. The van der Waals surface area contributed by atoms with E-state index in [4.69, 9.17) is 5.73 Å². The molecule has 0 spiro atoms. The number of hydrogen-bond donors (Lipinski definition) is 1. The Labute approximate surface area is 109 Å². The molecule has 1 heterocycles. The predicted molar refractivity (Wildman–Crippen MR) is 67.6 cm³/mol. The highest BCUT2D eigenvalue weighted by atomic mass is 79.9. The van der Waals surface area contributed by atoms with Gasteiger partial charge in [0.15, 0.2) is 4.60 Å². The zero-order chi connectivity index (χ0) is 12.6. The van der Waals surface area contributed by atoms with Gasteiger partial charge in [-0.25, -0.2) is 4.68 Å². The van der Waals surface area contributed by atoms with Crippen LogP contribution in [-0.4, -0.2) is 26.3 Å². The number of nitrogens with zero attached hydrogens (tertiary/aromatic N) is 3. The van der Waals surface area contributed by atoms with Crippen LogP contribution in [0, 0.1) is 5.92 Å². The number of hydrogen-bond acceptors (Lipinski definition) is 4. The maximum atomic E-state index is 12.5. The number of aromatic nitrogens is 3. The first-order valence-corrected chi connectivity index (χ1v) is 6.62. The Bertz CT molecular complexity index is 425. The molecule has 1 aromatic rings. The SMILES string of the molecule is CC1CCCC(N)(C(=O)c2c(Br)nnn2C)C1. The molecule has 0 aromatic carbocycles. The van der Waals surface area contributed by atoms with Gasteiger partial charge in [0.2, 0.25) is 5.78 Å². The average molecular weight is 301 g/mol. The number of carbonyl (C=O) groups excluding carboxylic acids is 1. The summed E-state index contributed by atoms with van der Waals surface area (Å²) in [6.45, 7) is 2.14. The number of halogens is 1. The van der Waals surface area contributed by atoms with E-state index in [2.05, 4.69) is 33.2 Å². The highest BCUT2D eigenvalue weighted by Crippen LogP contribution is 2.33. The van der Waals surface area contributed by atoms with E-state index in [1.54, 1.807) is 7.05 Å². The molecule has 2 rings (SSSR count). The molecule has 1 fully saturated rings. The van der Waals surface area contributed by atoms with Gasteiger partial charge in [0.25, 0.3) is 0 Å². The van der Waals surface area contributed by atoms with Gasteiger partial charge in [-0.1, -0.05) is 25.0 Å². The molecule has 2 atom stereocenters. The van der Waals surface area contributed by atoms with Gasteiger partial charge in [0, 0.05) is 7.05 Å². The van der Waals surface area contributed by atoms with Gasteiger partial charge in [-0.3, -0.25) is 4.79 Å². The Balaban J connectivity index is 2.31. The summed E-state index contributed by atoms with van der Waals surface area (Å²) in [6.07, 6.45) is 3.64. The number of nitrogens with two attached hydrogens (primary N) is 1. The summed E-state index contributed by atoms with van der Waals surface area (Å²) in [4.78, 5) is 12.5. The molecule has 2 N–H and O–H groups in total. The van der Waals surface area contributed by atoms with E-state index in [-0.39, 0.29) is 5.78 Å². The van der Waals surface area contributed by atoms with E-state index in [1.165, 1.54) is 4.68 Å². The third kappa shape index (κ3) is 2.28. The third-order valence-electron chi connectivity index (χ3n) is 3.49. The molecule has 94 valence electrons. The van der Waals surface area contributed by atoms with Crippen molar-refractivity contribution in [3.63, 3.8) is 0 Å². The number of rotatable bonds is 2. The maximum absolute atomic E-state index is 12.5. The Morgan fingerprint density at radius 3 is 2.88 bits per heavy atom. The van der Waals surface area contributed by atoms with Gasteiger partial charge < -0.3 is 5.73 Å². The van der Waals surface area contributed by atoms with Gasteiger partial charge in [0.1, 0.15) is 5.69 Å². The van der Waals surface area contributed by atoms with Crippen LogP contribution in [0.4, 0.5) is 0 Å². The second-order valence-corrected chi connectivity index (χ2v) is 5.79. The minimum Gasteiger partial charge on any atom is -0.319 e. The van der Waals surface area contributed by atoms with E-state index in [0.29, 0.717) is 16.2 Å². The summed E-state index contributed by atoms with van der Waals surface area (Å²) in [5.74, 6) is 0.445. The zero-order valence-corrected chi connectivity index (χ0v) is 11.7. The topological polar surface area (TPSA) is 73.8 Å². The lowest BCUT2D eigenvalue weighted by atomic mass is 9.74. The molecule has 5 nitrogen and oxygen atoms in total. The quantitative estimate of drug-likeness (QED) is 0.843. The van der Waals surface area contributed by atoms with Crippen LogP contribution < -0.4 is 5.73 Å². The molecule has 0 radical (unpaired) electrons. The molecule has 0 amide bonds. The summed E-state index contributed by atoms with van der Waals surface area (Å²) in [5.41, 5.74) is 6.00. The van der Waals surface area contributed by atoms with Crippen molar-refractivity contribution in [2.75, 3.05) is 0 Å². The standard InChI is InChI=1S/C11H17BrN4O/c1-7-4-3-5-11(13,6-7)9(17)8-10(12)14-15-16(8)2/h7H,3-6,13H2,1-2H3. The van der Waals surface area contributed by atoms with Crippen molar-refractivity contribution in [2.24, 2.45) is 18.7 Å². The number of carbonyl (C=O) groups is 1. The van der Waals surface area contributed by atoms with E-state index in [0.717, 1.165) is 25.7 Å². The summed E-state index contributed by atoms with van der Waals surface area (Å²) in [5, 5.41) is 7.66. The Kier molecular flexibility index (Phi) is 3.36. The summed E-state index contributed by atoms with van der Waals surface area (Å²) in [6, 6.07) is 0. The Morgan fingerprint density at radius 1 is 1.65 bits per heavy atom. The minimum atomic E-state index is -0.754. The fraction of sp³-hybridized carbons (Fsp3) is 0.727. The lowest BCUT2D eigenvalue weighted by Gasteiger charge is -2.35. The highest BCUT2D eigenvalue weighted by Gasteiger charge is 2.40. The molecule has 1 aliphatic carbocycles. The number of ketones is 1. The van der Waals surface area contributed by atoms with Crippen LogP contribution in [0.25, 0.3) is 0 Å². The minimum absolute atomic E-state index is 0.0524. The van der Waals surface area contributed by atoms with Crippen LogP contribution in [0.2, 0.25) is 0 Å². The molecule has 0 aliphatic heterocycles. The van der Waals surface area contributed by atoms with Crippen molar-refractivity contribution >= 4 is 21.7 Å². The van der Waals surface area contributed by atoms with E-state index < -0.39 is 5.54 Å². The van der Waals surface area contributed by atoms with Crippen LogP contribution in [0.3, 0.4) is 0 Å². The van der Waals surface area contributed by atoms with E-state index >= 15 is 0 Å². The van der Waals surface area contributed by atoms with Gasteiger partial charge in [0.05, 0.1) is 5.54 Å². The van der Waals surface area contributed by atoms with Gasteiger partial charge >= 0.3 is 0 Å². The molecule has 1 saturated carbocycles. The van der Waals surface area contributed by atoms with Crippen LogP contribution in [-0.2, 0) is 7.05 Å². The summed E-state index contributed by atoms with van der Waals surface area (Å²) >= 11 is 3.25. The van der Waals surface area contributed by atoms with Crippen LogP contribution in [0.5, 0.6) is 0 Å². The van der Waals surface area contributed by atoms with Crippen LogP contribution >= 0.6 is 15.9 Å². The fourth-order valence-corrected chi connectivity index (χ4v) is 3.11. The first kappa shape index (κ1) is 12.7. The highest BCUT2D eigenvalue weighted by molar-refractivity contribution is 9.10. The molecule has 1 aliphatic rings. The van der Waals surface area contributed by atoms with Crippen LogP contribution in [0.1, 0.15) is 43.1 Å². The Hall–Kier alpha value is -0.750. The molecule has 6 heteroatoms. The second-order valence-electron chi connectivity index (χ2n) is 5.04. The largest absolute Gasteiger partial charge is 0.319 e. The second kappa shape index (κ2) is 4.49. The summed E-state index contributed by atoms with van der Waals surface area (Å²) < 4.78 is 1.97. The van der Waals surface area contributed by atoms with Gasteiger partial charge in [-0.2, -0.15) is 0 Å². The normalized spacial score (nSPS) is 29.3. The van der Waals surface area contributed by atoms with Crippen molar-refractivity contribution < 1.29 is 4.79 Å². The predicted octanol–water partition coefficient (Wildman–Crippen LogP) is 1.67. The third-order valence-corrected chi connectivity index (χ3v) is 4.02. The van der Waals surface area contributed by atoms with Gasteiger partial charge in [-0.15, -0.1) is 5.10 Å². The van der Waals surface area contributed by atoms with Crippen molar-refractivity contribution in [2.45, 2.75) is 38.1 Å². The van der Waals surface area contributed by atoms with Crippen LogP contribution in [0.15, 0.2) is 4.60 Å². The van der Waals surface area contributed by atoms with Crippen molar-refractivity contribution in [1.82, 2.24) is 15.0 Å². The van der Waals surface area contributed by atoms with Gasteiger partial charge in [-0.05, 0) is 34.7 Å². The first-order valence-electron chi connectivity index (χ1n) is 5.83. The zero-order valence-electron chi connectivity index (χ0n) is 10.1. The van der Waals surface area contributed by atoms with E-state index in [9.17, 15) is 4.79 Å². The molecule has 1 aromatic heterocycles. The maximum Gasteiger partial charge on any atom is 0.203 e. The lowest BCUT2D eigenvalue weighted by Crippen LogP contribution is -2.51. The molecular weight excluding hydrogens is 284 g/mol. The molecule has 17 heavy (non-hydrogen) atoms. The Morgan fingerprint density at radius 2 is 2.35 bits per heavy atom. The molecular formula is C11H17BrN4O. The number of aryl methyl sites for hydroxylation is 1. The average Bonchev–Trinajstić information content (AvgIpc) is 2.57. The van der Waals surface area contributed by atoms with Crippen molar-refractivity contribution in [3.05, 3.63) is 10.3 Å². The fourth-order valence-electron chi connectivity index (χ4n) is 2.61. The molecule has 2 unspecified atom stereocenters. The first-order chi connectivity index (χ1) is 7.94. The smallest absolute Gasteiger partial charge is 0.203 e. The number of Topliss-reactive ketones (excluding diaryl/α,β-unsaturated/α-hetero) is 1. The van der Waals surface area contributed by atoms with E-state index in [1.807, 2.05) is 0 Å². The van der Waals surface area contributed by atoms with Crippen molar-refractivity contribution in [1.29, 1.82) is 0 Å².